The van der Waals surface area contributed by atoms with Crippen molar-refractivity contribution in [3.8, 4) is 0 Å². The van der Waals surface area contributed by atoms with Gasteiger partial charge in [-0.1, -0.05) is 30.3 Å². The molecule has 2 atom stereocenters. The molecule has 0 spiro atoms. The molecule has 1 aromatic carbocycles. The molecule has 3 N–H and O–H groups in total. The number of carbonyl (C=O) groups is 1. The van der Waals surface area contributed by atoms with E-state index in [0.717, 1.165) is 5.56 Å². The molecule has 0 aromatic heterocycles. The predicted octanol–water partition coefficient (Wildman–Crippen LogP) is 1.00. The molecule has 0 saturated heterocycles. The minimum absolute atomic E-state index is 0.378. The van der Waals surface area contributed by atoms with Crippen LogP contribution in [0.25, 0.3) is 0 Å². The molecule has 0 fully saturated rings. The molecule has 1 unspecified atom stereocenters. The van der Waals surface area contributed by atoms with Crippen LogP contribution in [0.3, 0.4) is 0 Å². The van der Waals surface area contributed by atoms with Gasteiger partial charge in [0.15, 0.2) is 0 Å². The molecule has 82 valence electrons. The lowest BCUT2D eigenvalue weighted by Crippen LogP contribution is -2.41. The van der Waals surface area contributed by atoms with Crippen molar-refractivity contribution in [2.45, 2.75) is 25.7 Å². The van der Waals surface area contributed by atoms with E-state index in [4.69, 9.17) is 15.6 Å². The summed E-state index contributed by atoms with van der Waals surface area (Å²) >= 11 is 0. The third kappa shape index (κ3) is 3.69. The number of ether oxygens (including phenoxy) is 1. The van der Waals surface area contributed by atoms with Crippen LogP contribution in [0.15, 0.2) is 30.3 Å². The fourth-order valence-corrected chi connectivity index (χ4v) is 1.11. The molecule has 0 bridgehead atoms. The van der Waals surface area contributed by atoms with E-state index in [1.807, 2.05) is 30.3 Å². The molecule has 0 aliphatic rings. The summed E-state index contributed by atoms with van der Waals surface area (Å²) in [5.74, 6) is -1.05. The van der Waals surface area contributed by atoms with Crippen LogP contribution in [0.2, 0.25) is 0 Å². The molecule has 4 heteroatoms. The molecule has 15 heavy (non-hydrogen) atoms. The van der Waals surface area contributed by atoms with E-state index in [0.29, 0.717) is 6.61 Å². The topological polar surface area (TPSA) is 72.5 Å². The van der Waals surface area contributed by atoms with E-state index in [9.17, 15) is 4.79 Å². The summed E-state index contributed by atoms with van der Waals surface area (Å²) in [5, 5.41) is 8.64. The van der Waals surface area contributed by atoms with Crippen molar-refractivity contribution in [1.29, 1.82) is 0 Å². The first-order valence-electron chi connectivity index (χ1n) is 4.75. The molecule has 0 saturated carbocycles. The van der Waals surface area contributed by atoms with Crippen LogP contribution in [-0.2, 0) is 16.1 Å². The highest BCUT2D eigenvalue weighted by molar-refractivity contribution is 5.73. The lowest BCUT2D eigenvalue weighted by atomic mass is 10.2. The van der Waals surface area contributed by atoms with Crippen molar-refractivity contribution in [2.75, 3.05) is 0 Å². The zero-order chi connectivity index (χ0) is 11.3. The van der Waals surface area contributed by atoms with Crippen LogP contribution in [0, 0.1) is 0 Å². The van der Waals surface area contributed by atoms with Crippen molar-refractivity contribution in [3.63, 3.8) is 0 Å². The molecular weight excluding hydrogens is 194 g/mol. The van der Waals surface area contributed by atoms with Crippen LogP contribution in [0.4, 0.5) is 0 Å². The third-order valence-corrected chi connectivity index (χ3v) is 2.15. The van der Waals surface area contributed by atoms with E-state index >= 15 is 0 Å². The van der Waals surface area contributed by atoms with Crippen LogP contribution < -0.4 is 5.73 Å². The highest BCUT2D eigenvalue weighted by Crippen LogP contribution is 2.05. The van der Waals surface area contributed by atoms with Crippen molar-refractivity contribution in [3.05, 3.63) is 35.9 Å². The Labute approximate surface area is 88.7 Å². The van der Waals surface area contributed by atoms with E-state index in [1.165, 1.54) is 0 Å². The first-order chi connectivity index (χ1) is 7.11. The van der Waals surface area contributed by atoms with Gasteiger partial charge >= 0.3 is 5.97 Å². The molecular formula is C11H15NO3. The van der Waals surface area contributed by atoms with E-state index in [2.05, 4.69) is 0 Å². The number of rotatable bonds is 5. The maximum absolute atomic E-state index is 10.5. The van der Waals surface area contributed by atoms with E-state index < -0.39 is 18.1 Å². The van der Waals surface area contributed by atoms with Crippen molar-refractivity contribution in [2.24, 2.45) is 5.73 Å². The van der Waals surface area contributed by atoms with Crippen LogP contribution >= 0.6 is 0 Å². The van der Waals surface area contributed by atoms with Gasteiger partial charge in [-0.15, -0.1) is 0 Å². The van der Waals surface area contributed by atoms with Gasteiger partial charge in [0, 0.05) is 0 Å². The second-order valence-corrected chi connectivity index (χ2v) is 3.37. The number of hydrogen-bond donors (Lipinski definition) is 2. The molecule has 1 aromatic rings. The van der Waals surface area contributed by atoms with Crippen LogP contribution in [0.5, 0.6) is 0 Å². The zero-order valence-corrected chi connectivity index (χ0v) is 8.59. The Bertz CT molecular complexity index is 313. The fraction of sp³-hybridized carbons (Fsp3) is 0.364. The molecule has 0 aliphatic heterocycles. The minimum Gasteiger partial charge on any atom is -0.480 e. The summed E-state index contributed by atoms with van der Waals surface area (Å²) in [7, 11) is 0. The summed E-state index contributed by atoms with van der Waals surface area (Å²) < 4.78 is 5.35. The second kappa shape index (κ2) is 5.48. The average Bonchev–Trinajstić information content (AvgIpc) is 2.26. The lowest BCUT2D eigenvalue weighted by molar-refractivity contribution is -0.142. The van der Waals surface area contributed by atoms with Gasteiger partial charge in [0.2, 0.25) is 0 Å². The largest absolute Gasteiger partial charge is 0.480 e. The number of carboxylic acids is 1. The maximum Gasteiger partial charge on any atom is 0.323 e. The SMILES string of the molecule is CC(OCc1ccccc1)[C@H](N)C(=O)O. The number of hydrogen-bond acceptors (Lipinski definition) is 3. The normalized spacial score (nSPS) is 14.5. The Morgan fingerprint density at radius 2 is 2.07 bits per heavy atom. The lowest BCUT2D eigenvalue weighted by Gasteiger charge is -2.16. The molecule has 0 aliphatic carbocycles. The van der Waals surface area contributed by atoms with Gasteiger partial charge in [0.05, 0.1) is 12.7 Å². The van der Waals surface area contributed by atoms with Crippen molar-refractivity contribution >= 4 is 5.97 Å². The molecule has 0 radical (unpaired) electrons. The Morgan fingerprint density at radius 3 is 2.60 bits per heavy atom. The van der Waals surface area contributed by atoms with Crippen LogP contribution in [-0.4, -0.2) is 23.2 Å². The summed E-state index contributed by atoms with van der Waals surface area (Å²) in [6.45, 7) is 2.03. The van der Waals surface area contributed by atoms with Gasteiger partial charge in [-0.25, -0.2) is 0 Å². The van der Waals surface area contributed by atoms with Crippen LogP contribution in [0.1, 0.15) is 12.5 Å². The van der Waals surface area contributed by atoms with Crippen molar-refractivity contribution in [1.82, 2.24) is 0 Å². The zero-order valence-electron chi connectivity index (χ0n) is 8.59. The predicted molar refractivity (Wildman–Crippen MR) is 56.3 cm³/mol. The number of nitrogens with two attached hydrogens (primary N) is 1. The first-order valence-corrected chi connectivity index (χ1v) is 4.75. The van der Waals surface area contributed by atoms with Gasteiger partial charge in [-0.05, 0) is 12.5 Å². The quantitative estimate of drug-likeness (QED) is 0.759. The first kappa shape index (κ1) is 11.7. The van der Waals surface area contributed by atoms with Gasteiger partial charge < -0.3 is 15.6 Å². The summed E-state index contributed by atoms with van der Waals surface area (Å²) in [6, 6.07) is 8.57. The number of carboxylic acid groups (broad SMARTS) is 1. The van der Waals surface area contributed by atoms with E-state index in [1.54, 1.807) is 6.92 Å². The van der Waals surface area contributed by atoms with Gasteiger partial charge in [-0.3, -0.25) is 4.79 Å². The minimum atomic E-state index is -1.05. The smallest absolute Gasteiger partial charge is 0.323 e. The summed E-state index contributed by atoms with van der Waals surface area (Å²) in [6.07, 6.45) is -0.497. The fourth-order valence-electron chi connectivity index (χ4n) is 1.11. The monoisotopic (exact) mass is 209 g/mol. The van der Waals surface area contributed by atoms with Gasteiger partial charge in [-0.2, -0.15) is 0 Å². The standard InChI is InChI=1S/C11H15NO3/c1-8(10(12)11(13)14)15-7-9-5-3-2-4-6-9/h2-6,8,10H,7,12H2,1H3,(H,13,14)/t8?,10-/m0/s1. The Hall–Kier alpha value is -1.39. The highest BCUT2D eigenvalue weighted by atomic mass is 16.5. The molecule has 0 amide bonds. The Balaban J connectivity index is 2.41. The van der Waals surface area contributed by atoms with E-state index in [-0.39, 0.29) is 0 Å². The van der Waals surface area contributed by atoms with Gasteiger partial charge in [0.25, 0.3) is 0 Å². The maximum atomic E-state index is 10.5. The number of benzene rings is 1. The summed E-state index contributed by atoms with van der Waals surface area (Å²) in [4.78, 5) is 10.5. The average molecular weight is 209 g/mol. The third-order valence-electron chi connectivity index (χ3n) is 2.15. The molecule has 0 heterocycles. The summed E-state index contributed by atoms with van der Waals surface area (Å²) in [5.41, 5.74) is 6.40. The number of aliphatic carboxylic acids is 1. The van der Waals surface area contributed by atoms with Crippen molar-refractivity contribution < 1.29 is 14.6 Å². The highest BCUT2D eigenvalue weighted by Gasteiger charge is 2.20. The molecule has 1 rings (SSSR count). The van der Waals surface area contributed by atoms with Gasteiger partial charge in [0.1, 0.15) is 6.04 Å². The molecule has 4 nitrogen and oxygen atoms in total. The Kier molecular flexibility index (Phi) is 4.27. The second-order valence-electron chi connectivity index (χ2n) is 3.37. The Morgan fingerprint density at radius 1 is 1.47 bits per heavy atom.